The SMILES string of the molecule is Cc1nc2c(OC(F)(F)F)cc(C(=O)NCC(O)(c3cc4c(c(-c5ccc6c(c5)OC(F)(F)O6)n3)OC[C@]4(C)C(N)=O)C3CC3)cc2s1. The number of ether oxygens (including phenoxy) is 4. The number of nitrogens with two attached hydrogens (primary N) is 1. The molecular weight excluding hydrogens is 667 g/mol. The van der Waals surface area contributed by atoms with Gasteiger partial charge in [-0.25, -0.2) is 9.97 Å². The number of carbonyl (C=O) groups excluding carboxylic acids is 2. The zero-order chi connectivity index (χ0) is 34.4. The number of aliphatic hydroxyl groups is 1. The number of amides is 2. The zero-order valence-corrected chi connectivity index (χ0v) is 25.9. The highest BCUT2D eigenvalue weighted by Gasteiger charge is 2.50. The molecule has 2 aliphatic heterocycles. The van der Waals surface area contributed by atoms with Gasteiger partial charge in [0.1, 0.15) is 34.6 Å². The third-order valence-electron chi connectivity index (χ3n) is 8.56. The molecule has 0 saturated heterocycles. The maximum Gasteiger partial charge on any atom is 0.586 e. The van der Waals surface area contributed by atoms with E-state index in [0.29, 0.717) is 17.8 Å². The van der Waals surface area contributed by atoms with Crippen LogP contribution >= 0.6 is 11.3 Å². The van der Waals surface area contributed by atoms with Crippen LogP contribution in [0.5, 0.6) is 23.0 Å². The normalized spacial score (nSPS) is 20.6. The topological polar surface area (TPSA) is 155 Å². The van der Waals surface area contributed by atoms with Crippen LogP contribution in [0.4, 0.5) is 22.0 Å². The molecule has 1 fully saturated rings. The molecule has 0 bridgehead atoms. The molecule has 0 spiro atoms. The molecule has 11 nitrogen and oxygen atoms in total. The largest absolute Gasteiger partial charge is 0.586 e. The molecule has 2 atom stereocenters. The number of pyridine rings is 1. The van der Waals surface area contributed by atoms with Crippen molar-refractivity contribution in [1.82, 2.24) is 15.3 Å². The van der Waals surface area contributed by atoms with Crippen LogP contribution in [0, 0.1) is 12.8 Å². The number of alkyl halides is 5. The fourth-order valence-corrected chi connectivity index (χ4v) is 6.75. The summed E-state index contributed by atoms with van der Waals surface area (Å²) in [5, 5.41) is 15.2. The average molecular weight is 693 g/mol. The first-order valence-electron chi connectivity index (χ1n) is 14.5. The summed E-state index contributed by atoms with van der Waals surface area (Å²) in [5.41, 5.74) is 2.95. The molecule has 4 aromatic rings. The number of aromatic nitrogens is 2. The third-order valence-corrected chi connectivity index (χ3v) is 9.48. The summed E-state index contributed by atoms with van der Waals surface area (Å²) in [6, 6.07) is 7.69. The van der Waals surface area contributed by atoms with E-state index in [9.17, 15) is 36.6 Å². The van der Waals surface area contributed by atoms with E-state index in [0.717, 1.165) is 17.4 Å². The summed E-state index contributed by atoms with van der Waals surface area (Å²) in [6.45, 7) is 2.55. The molecule has 2 aromatic heterocycles. The minimum absolute atomic E-state index is 0.0228. The summed E-state index contributed by atoms with van der Waals surface area (Å²) in [7, 11) is 0. The molecule has 4 N–H and O–H groups in total. The number of primary amides is 1. The highest BCUT2D eigenvalue weighted by molar-refractivity contribution is 7.18. The van der Waals surface area contributed by atoms with Gasteiger partial charge in [-0.3, -0.25) is 9.59 Å². The average Bonchev–Trinajstić information content (AvgIpc) is 3.61. The second-order valence-corrected chi connectivity index (χ2v) is 13.3. The molecule has 1 saturated carbocycles. The van der Waals surface area contributed by atoms with E-state index < -0.39 is 53.7 Å². The Balaban J connectivity index is 1.27. The molecule has 252 valence electrons. The van der Waals surface area contributed by atoms with Crippen molar-refractivity contribution in [2.24, 2.45) is 11.7 Å². The molecule has 0 radical (unpaired) electrons. The second kappa shape index (κ2) is 10.6. The van der Waals surface area contributed by atoms with Gasteiger partial charge in [0.2, 0.25) is 5.91 Å². The van der Waals surface area contributed by atoms with Crippen LogP contribution in [-0.4, -0.2) is 52.7 Å². The Hall–Kier alpha value is -4.77. The number of halogens is 5. The Morgan fingerprint density at radius 3 is 2.54 bits per heavy atom. The number of hydrogen-bond acceptors (Lipinski definition) is 10. The molecule has 1 aliphatic carbocycles. The molecular formula is C31H25F5N4O7S. The maximum absolute atomic E-state index is 13.8. The van der Waals surface area contributed by atoms with Crippen LogP contribution in [0.2, 0.25) is 0 Å². The van der Waals surface area contributed by atoms with Gasteiger partial charge in [0.25, 0.3) is 5.91 Å². The first kappa shape index (κ1) is 31.8. The minimum atomic E-state index is -5.04. The van der Waals surface area contributed by atoms with Crippen molar-refractivity contribution >= 4 is 33.4 Å². The summed E-state index contributed by atoms with van der Waals surface area (Å²) < 4.78 is 86.5. The lowest BCUT2D eigenvalue weighted by molar-refractivity contribution is -0.286. The predicted octanol–water partition coefficient (Wildman–Crippen LogP) is 5.05. The smallest absolute Gasteiger partial charge is 0.489 e. The van der Waals surface area contributed by atoms with Crippen molar-refractivity contribution in [3.05, 3.63) is 58.2 Å². The lowest BCUT2D eigenvalue weighted by atomic mass is 9.81. The molecule has 3 aliphatic rings. The van der Waals surface area contributed by atoms with Crippen molar-refractivity contribution in [3.8, 4) is 34.3 Å². The van der Waals surface area contributed by atoms with Crippen LogP contribution in [0.3, 0.4) is 0 Å². The lowest BCUT2D eigenvalue weighted by Crippen LogP contribution is -2.44. The second-order valence-electron chi connectivity index (χ2n) is 12.0. The van der Waals surface area contributed by atoms with Crippen LogP contribution in [0.25, 0.3) is 21.5 Å². The van der Waals surface area contributed by atoms with Gasteiger partial charge < -0.3 is 35.1 Å². The molecule has 2 amide bonds. The zero-order valence-electron chi connectivity index (χ0n) is 25.0. The van der Waals surface area contributed by atoms with Gasteiger partial charge in [0.15, 0.2) is 17.2 Å². The van der Waals surface area contributed by atoms with Gasteiger partial charge in [0.05, 0.1) is 21.9 Å². The van der Waals surface area contributed by atoms with Gasteiger partial charge >= 0.3 is 12.7 Å². The van der Waals surface area contributed by atoms with Crippen LogP contribution in [-0.2, 0) is 15.8 Å². The highest BCUT2D eigenvalue weighted by atomic mass is 32.1. The Kier molecular flexibility index (Phi) is 7.04. The van der Waals surface area contributed by atoms with E-state index in [2.05, 4.69) is 29.5 Å². The highest BCUT2D eigenvalue weighted by Crippen LogP contribution is 2.51. The first-order valence-corrected chi connectivity index (χ1v) is 15.3. The number of fused-ring (bicyclic) bond motifs is 3. The number of benzene rings is 2. The van der Waals surface area contributed by atoms with E-state index >= 15 is 0 Å². The lowest BCUT2D eigenvalue weighted by Gasteiger charge is -2.30. The summed E-state index contributed by atoms with van der Waals surface area (Å²) in [6.07, 6.45) is -7.84. The quantitative estimate of drug-likeness (QED) is 0.215. The number of thiazole rings is 1. The molecule has 4 heterocycles. The summed E-state index contributed by atoms with van der Waals surface area (Å²) in [4.78, 5) is 34.8. The van der Waals surface area contributed by atoms with Gasteiger partial charge in [-0.2, -0.15) is 0 Å². The fraction of sp³-hybridized carbons (Fsp3) is 0.355. The van der Waals surface area contributed by atoms with Gasteiger partial charge in [-0.05, 0) is 69.0 Å². The van der Waals surface area contributed by atoms with E-state index in [1.807, 2.05) is 0 Å². The Morgan fingerprint density at radius 1 is 1.12 bits per heavy atom. The van der Waals surface area contributed by atoms with Crippen LogP contribution in [0.15, 0.2) is 36.4 Å². The number of aryl methyl sites for hydroxylation is 1. The maximum atomic E-state index is 13.8. The van der Waals surface area contributed by atoms with E-state index in [1.54, 1.807) is 13.8 Å². The molecule has 1 unspecified atom stereocenters. The van der Waals surface area contributed by atoms with Crippen molar-refractivity contribution in [2.45, 2.75) is 50.4 Å². The van der Waals surface area contributed by atoms with Crippen molar-refractivity contribution < 1.29 is 55.6 Å². The molecule has 48 heavy (non-hydrogen) atoms. The van der Waals surface area contributed by atoms with Crippen LogP contribution in [0.1, 0.15) is 46.4 Å². The fourth-order valence-electron chi connectivity index (χ4n) is 5.87. The Morgan fingerprint density at radius 2 is 1.85 bits per heavy atom. The summed E-state index contributed by atoms with van der Waals surface area (Å²) >= 11 is 1.07. The summed E-state index contributed by atoms with van der Waals surface area (Å²) in [5.74, 6) is -2.96. The number of nitrogens with one attached hydrogen (secondary N) is 1. The number of carbonyl (C=O) groups is 2. The predicted molar refractivity (Wildman–Crippen MR) is 158 cm³/mol. The molecule has 7 rings (SSSR count). The minimum Gasteiger partial charge on any atom is -0.489 e. The van der Waals surface area contributed by atoms with E-state index in [1.165, 1.54) is 30.3 Å². The molecule has 2 aromatic carbocycles. The monoisotopic (exact) mass is 692 g/mol. The Bertz CT molecular complexity index is 2020. The van der Waals surface area contributed by atoms with Gasteiger partial charge in [0, 0.05) is 16.7 Å². The first-order chi connectivity index (χ1) is 22.5. The van der Waals surface area contributed by atoms with Crippen LogP contribution < -0.4 is 30.0 Å². The van der Waals surface area contributed by atoms with E-state index in [-0.39, 0.29) is 62.2 Å². The van der Waals surface area contributed by atoms with Gasteiger partial charge in [-0.15, -0.1) is 33.3 Å². The third kappa shape index (κ3) is 5.49. The number of nitrogens with zero attached hydrogens (tertiary/aromatic N) is 2. The van der Waals surface area contributed by atoms with Crippen molar-refractivity contribution in [1.29, 1.82) is 0 Å². The number of hydrogen-bond donors (Lipinski definition) is 3. The number of rotatable bonds is 8. The van der Waals surface area contributed by atoms with Gasteiger partial charge in [-0.1, -0.05) is 0 Å². The standard InChI is InChI=1S/C31H25F5N4O7S/c1-13-39-24-20(45-30(32,33)34)8-15(9-21(24)48-13)26(41)38-11-29(43,16-4-5-16)22-10-17-25(44-12-28(17,2)27(37)42)23(40-22)14-3-6-18-19(7-14)47-31(35,36)46-18/h3,6-10,16,43H,4-5,11-12H2,1-2H3,(H2,37,42)(H,38,41)/t28-,29?/m0/s1. The van der Waals surface area contributed by atoms with Crippen molar-refractivity contribution in [2.75, 3.05) is 13.2 Å². The Labute approximate surface area is 271 Å². The van der Waals surface area contributed by atoms with E-state index in [4.69, 9.17) is 10.5 Å². The van der Waals surface area contributed by atoms with Crippen molar-refractivity contribution in [3.63, 3.8) is 0 Å². The molecule has 17 heteroatoms.